The number of aromatic carboxylic acids is 1. The molecule has 0 atom stereocenters. The first-order chi connectivity index (χ1) is 7.77. The van der Waals surface area contributed by atoms with Crippen LogP contribution >= 0.6 is 0 Å². The number of aromatic amines is 1. The van der Waals surface area contributed by atoms with Gasteiger partial charge in [-0.1, -0.05) is 0 Å². The van der Waals surface area contributed by atoms with Gasteiger partial charge in [-0.25, -0.2) is 4.79 Å². The normalized spacial score (nSPS) is 13.0. The highest BCUT2D eigenvalue weighted by Gasteiger charge is 2.24. The van der Waals surface area contributed by atoms with Crippen LogP contribution in [-0.4, -0.2) is 26.3 Å². The molecule has 5 nitrogen and oxygen atoms in total. The molecule has 0 radical (unpaired) electrons. The van der Waals surface area contributed by atoms with Crippen LogP contribution in [0.2, 0.25) is 0 Å². The predicted octanol–water partition coefficient (Wildman–Crippen LogP) is 1.27. The van der Waals surface area contributed by atoms with E-state index in [2.05, 4.69) is 15.2 Å². The number of nitrogens with one attached hydrogen (secondary N) is 1. The molecule has 16 heavy (non-hydrogen) atoms. The third-order valence-electron chi connectivity index (χ3n) is 2.89. The van der Waals surface area contributed by atoms with Crippen LogP contribution in [0.4, 0.5) is 0 Å². The lowest BCUT2D eigenvalue weighted by molar-refractivity contribution is 0.0689. The first-order valence-electron chi connectivity index (χ1n) is 5.01. The molecule has 2 aromatic heterocycles. The van der Waals surface area contributed by atoms with Crippen LogP contribution < -0.4 is 0 Å². The minimum atomic E-state index is -0.982. The number of nitrogens with zero attached hydrogens (tertiary/aromatic N) is 2. The minimum Gasteiger partial charge on any atom is -0.476 e. The lowest BCUT2D eigenvalue weighted by Gasteiger charge is -2.14. The first-order valence-corrected chi connectivity index (χ1v) is 5.01. The Morgan fingerprint density at radius 1 is 1.44 bits per heavy atom. The van der Waals surface area contributed by atoms with Crippen molar-refractivity contribution >= 4 is 5.97 Å². The van der Waals surface area contributed by atoms with Gasteiger partial charge in [-0.05, 0) is 24.5 Å². The number of aromatic nitrogens is 3. The number of carbonyl (C=O) groups is 1. The Bertz CT molecular complexity index is 574. The van der Waals surface area contributed by atoms with Crippen LogP contribution in [0, 0.1) is 0 Å². The Morgan fingerprint density at radius 3 is 3.12 bits per heavy atom. The van der Waals surface area contributed by atoms with E-state index in [1.807, 2.05) is 6.07 Å². The fourth-order valence-corrected chi connectivity index (χ4v) is 2.13. The maximum absolute atomic E-state index is 10.9. The first kappa shape index (κ1) is 9.08. The monoisotopic (exact) mass is 215 g/mol. The summed E-state index contributed by atoms with van der Waals surface area (Å²) in [5.74, 6) is -0.982. The van der Waals surface area contributed by atoms with Gasteiger partial charge in [0.2, 0.25) is 0 Å². The molecular weight excluding hydrogens is 206 g/mol. The van der Waals surface area contributed by atoms with Gasteiger partial charge in [-0.2, -0.15) is 5.10 Å². The molecule has 0 unspecified atom stereocenters. The highest BCUT2D eigenvalue weighted by Crippen LogP contribution is 2.32. The van der Waals surface area contributed by atoms with E-state index in [1.165, 1.54) is 5.56 Å². The zero-order valence-corrected chi connectivity index (χ0v) is 8.40. The fraction of sp³-hybridized carbons (Fsp3) is 0.182. The molecule has 5 heteroatoms. The summed E-state index contributed by atoms with van der Waals surface area (Å²) in [5, 5.41) is 15.6. The van der Waals surface area contributed by atoms with Crippen LogP contribution in [0.3, 0.4) is 0 Å². The SMILES string of the molecule is O=C(O)c1n[nH]c2c1CCc1ccncc1-2. The van der Waals surface area contributed by atoms with Crippen molar-refractivity contribution < 1.29 is 9.90 Å². The van der Waals surface area contributed by atoms with E-state index in [1.54, 1.807) is 12.4 Å². The molecule has 2 aromatic rings. The van der Waals surface area contributed by atoms with Crippen molar-refractivity contribution in [3.63, 3.8) is 0 Å². The van der Waals surface area contributed by atoms with Crippen molar-refractivity contribution in [2.45, 2.75) is 12.8 Å². The summed E-state index contributed by atoms with van der Waals surface area (Å²) >= 11 is 0. The van der Waals surface area contributed by atoms with E-state index < -0.39 is 5.97 Å². The maximum atomic E-state index is 10.9. The van der Waals surface area contributed by atoms with Gasteiger partial charge in [-0.15, -0.1) is 0 Å². The summed E-state index contributed by atoms with van der Waals surface area (Å²) in [6.07, 6.45) is 5.05. The van der Waals surface area contributed by atoms with Crippen molar-refractivity contribution in [3.05, 3.63) is 35.3 Å². The summed E-state index contributed by atoms with van der Waals surface area (Å²) in [6.45, 7) is 0. The van der Waals surface area contributed by atoms with E-state index >= 15 is 0 Å². The molecule has 1 aliphatic rings. The number of H-pyrrole nitrogens is 1. The zero-order chi connectivity index (χ0) is 11.1. The second kappa shape index (κ2) is 3.16. The Hall–Kier alpha value is -2.17. The summed E-state index contributed by atoms with van der Waals surface area (Å²) < 4.78 is 0. The zero-order valence-electron chi connectivity index (χ0n) is 8.40. The average molecular weight is 215 g/mol. The van der Waals surface area contributed by atoms with Gasteiger partial charge in [0.05, 0.1) is 5.69 Å². The van der Waals surface area contributed by atoms with Crippen molar-refractivity contribution in [1.82, 2.24) is 15.2 Å². The lowest BCUT2D eigenvalue weighted by atomic mass is 9.90. The van der Waals surface area contributed by atoms with E-state index in [-0.39, 0.29) is 5.69 Å². The number of carboxylic acids is 1. The second-order valence-electron chi connectivity index (χ2n) is 3.76. The minimum absolute atomic E-state index is 0.129. The maximum Gasteiger partial charge on any atom is 0.356 e. The molecule has 0 amide bonds. The van der Waals surface area contributed by atoms with Crippen LogP contribution in [0.5, 0.6) is 0 Å². The molecule has 80 valence electrons. The summed E-state index contributed by atoms with van der Waals surface area (Å²) in [4.78, 5) is 15.0. The van der Waals surface area contributed by atoms with Gasteiger partial charge in [0.25, 0.3) is 0 Å². The largest absolute Gasteiger partial charge is 0.476 e. The number of rotatable bonds is 1. The summed E-state index contributed by atoms with van der Waals surface area (Å²) in [5.41, 5.74) is 3.86. The molecule has 0 bridgehead atoms. The van der Waals surface area contributed by atoms with Crippen molar-refractivity contribution in [2.24, 2.45) is 0 Å². The standard InChI is InChI=1S/C11H9N3O2/c15-11(16)10-7-2-1-6-3-4-12-5-8(6)9(7)13-14-10/h3-5H,1-2H2,(H,13,14)(H,15,16). The second-order valence-corrected chi connectivity index (χ2v) is 3.76. The fourth-order valence-electron chi connectivity index (χ4n) is 2.13. The number of hydrogen-bond donors (Lipinski definition) is 2. The smallest absolute Gasteiger partial charge is 0.356 e. The van der Waals surface area contributed by atoms with Crippen molar-refractivity contribution in [2.75, 3.05) is 0 Å². The van der Waals surface area contributed by atoms with Crippen LogP contribution in [-0.2, 0) is 12.8 Å². The molecule has 1 aliphatic carbocycles. The highest BCUT2D eigenvalue weighted by atomic mass is 16.4. The van der Waals surface area contributed by atoms with E-state index in [9.17, 15) is 4.79 Å². The third-order valence-corrected chi connectivity index (χ3v) is 2.89. The van der Waals surface area contributed by atoms with Gasteiger partial charge in [0.15, 0.2) is 5.69 Å². The Kier molecular flexibility index (Phi) is 1.80. The topological polar surface area (TPSA) is 78.9 Å². The van der Waals surface area contributed by atoms with Gasteiger partial charge in [0.1, 0.15) is 0 Å². The van der Waals surface area contributed by atoms with Gasteiger partial charge < -0.3 is 5.11 Å². The molecule has 0 aliphatic heterocycles. The molecule has 2 heterocycles. The average Bonchev–Trinajstić information content (AvgIpc) is 2.73. The number of hydrogen-bond acceptors (Lipinski definition) is 3. The van der Waals surface area contributed by atoms with E-state index in [0.717, 1.165) is 23.2 Å². The number of pyridine rings is 1. The number of fused-ring (bicyclic) bond motifs is 3. The quantitative estimate of drug-likeness (QED) is 0.750. The summed E-state index contributed by atoms with van der Waals surface area (Å²) in [7, 11) is 0. The lowest BCUT2D eigenvalue weighted by Crippen LogP contribution is -2.07. The highest BCUT2D eigenvalue weighted by molar-refractivity contribution is 5.90. The molecule has 0 aromatic carbocycles. The van der Waals surface area contributed by atoms with Crippen LogP contribution in [0.25, 0.3) is 11.3 Å². The summed E-state index contributed by atoms with van der Waals surface area (Å²) in [6, 6.07) is 1.96. The third kappa shape index (κ3) is 1.14. The molecule has 0 fully saturated rings. The molecule has 0 saturated carbocycles. The van der Waals surface area contributed by atoms with E-state index in [4.69, 9.17) is 5.11 Å². The van der Waals surface area contributed by atoms with Gasteiger partial charge in [-0.3, -0.25) is 10.1 Å². The number of carboxylic acid groups (broad SMARTS) is 1. The van der Waals surface area contributed by atoms with Gasteiger partial charge >= 0.3 is 5.97 Å². The molecule has 2 N–H and O–H groups in total. The Labute approximate surface area is 91.2 Å². The van der Waals surface area contributed by atoms with Crippen LogP contribution in [0.15, 0.2) is 18.5 Å². The number of aryl methyl sites for hydroxylation is 1. The van der Waals surface area contributed by atoms with E-state index in [0.29, 0.717) is 6.42 Å². The molecule has 0 spiro atoms. The molecule has 3 rings (SSSR count). The van der Waals surface area contributed by atoms with Crippen molar-refractivity contribution in [1.29, 1.82) is 0 Å². The van der Waals surface area contributed by atoms with Gasteiger partial charge in [0, 0.05) is 23.5 Å². The Balaban J connectivity index is 2.23. The predicted molar refractivity (Wildman–Crippen MR) is 56.2 cm³/mol. The molecule has 0 saturated heterocycles. The molecular formula is C11H9N3O2. The van der Waals surface area contributed by atoms with Crippen molar-refractivity contribution in [3.8, 4) is 11.3 Å². The Morgan fingerprint density at radius 2 is 2.31 bits per heavy atom. The van der Waals surface area contributed by atoms with Crippen LogP contribution in [0.1, 0.15) is 21.6 Å².